The zero-order valence-electron chi connectivity index (χ0n) is 20.2. The summed E-state index contributed by atoms with van der Waals surface area (Å²) in [6.07, 6.45) is 0. The molecular formula is C27H25N3O6. The molecule has 1 fully saturated rings. The third-order valence-corrected chi connectivity index (χ3v) is 6.67. The Bertz CT molecular complexity index is 1460. The summed E-state index contributed by atoms with van der Waals surface area (Å²) in [7, 11) is 4.69. The number of anilines is 3. The van der Waals surface area contributed by atoms with E-state index in [-0.39, 0.29) is 5.78 Å². The summed E-state index contributed by atoms with van der Waals surface area (Å²) in [5, 5.41) is 8.58. The van der Waals surface area contributed by atoms with Crippen LogP contribution in [0.25, 0.3) is 22.2 Å². The van der Waals surface area contributed by atoms with Crippen molar-refractivity contribution in [1.82, 2.24) is 5.16 Å². The minimum atomic E-state index is -0.0882. The number of aromatic nitrogens is 1. The van der Waals surface area contributed by atoms with E-state index in [0.717, 1.165) is 11.3 Å². The van der Waals surface area contributed by atoms with Crippen LogP contribution in [0.4, 0.5) is 17.1 Å². The van der Waals surface area contributed by atoms with Gasteiger partial charge >= 0.3 is 0 Å². The van der Waals surface area contributed by atoms with Gasteiger partial charge in [0.15, 0.2) is 23.0 Å². The lowest BCUT2D eigenvalue weighted by atomic mass is 9.86. The number of hydrogen-bond donors (Lipinski definition) is 1. The highest BCUT2D eigenvalue weighted by Gasteiger charge is 2.34. The second-order valence-corrected chi connectivity index (χ2v) is 8.57. The van der Waals surface area contributed by atoms with Crippen molar-refractivity contribution in [2.75, 3.05) is 57.8 Å². The first-order valence-corrected chi connectivity index (χ1v) is 11.6. The fraction of sp³-hybridized carbons (Fsp3) is 0.259. The van der Waals surface area contributed by atoms with Crippen LogP contribution in [0, 0.1) is 0 Å². The fourth-order valence-corrected chi connectivity index (χ4v) is 4.99. The van der Waals surface area contributed by atoms with Gasteiger partial charge in [-0.15, -0.1) is 0 Å². The molecule has 1 aliphatic carbocycles. The van der Waals surface area contributed by atoms with Gasteiger partial charge in [-0.3, -0.25) is 4.79 Å². The SMILES string of the molecule is COc1cc(Nc2cc(N3CCOCC3)c3noc4c3c2C(=O)c2ccccc2-4)cc(OC)c1OC. The van der Waals surface area contributed by atoms with Crippen molar-refractivity contribution in [3.8, 4) is 28.6 Å². The number of carbonyl (C=O) groups is 1. The van der Waals surface area contributed by atoms with Crippen molar-refractivity contribution < 1.29 is 28.3 Å². The zero-order valence-corrected chi connectivity index (χ0v) is 20.2. The van der Waals surface area contributed by atoms with Crippen molar-refractivity contribution in [2.24, 2.45) is 0 Å². The van der Waals surface area contributed by atoms with Crippen molar-refractivity contribution in [1.29, 1.82) is 0 Å². The van der Waals surface area contributed by atoms with Gasteiger partial charge in [-0.25, -0.2) is 0 Å². The van der Waals surface area contributed by atoms with E-state index in [4.69, 9.17) is 23.5 Å². The van der Waals surface area contributed by atoms with Crippen molar-refractivity contribution in [3.63, 3.8) is 0 Å². The number of carbonyl (C=O) groups excluding carboxylic acids is 1. The minimum Gasteiger partial charge on any atom is -0.493 e. The number of rotatable bonds is 6. The molecule has 2 aliphatic rings. The first-order valence-electron chi connectivity index (χ1n) is 11.6. The molecule has 0 radical (unpaired) electrons. The molecule has 0 saturated carbocycles. The van der Waals surface area contributed by atoms with Gasteiger partial charge in [-0.05, 0) is 6.07 Å². The molecule has 36 heavy (non-hydrogen) atoms. The molecule has 0 spiro atoms. The van der Waals surface area contributed by atoms with Gasteiger partial charge in [0.25, 0.3) is 0 Å². The Morgan fingerprint density at radius 2 is 1.64 bits per heavy atom. The van der Waals surface area contributed by atoms with Crippen molar-refractivity contribution in [2.45, 2.75) is 0 Å². The number of ether oxygens (including phenoxy) is 4. The molecule has 4 aromatic rings. The van der Waals surface area contributed by atoms with Crippen LogP contribution in [0.5, 0.6) is 17.2 Å². The Labute approximate surface area is 207 Å². The number of nitrogens with one attached hydrogen (secondary N) is 1. The molecular weight excluding hydrogens is 462 g/mol. The summed E-state index contributed by atoms with van der Waals surface area (Å²) in [5.74, 6) is 2.00. The van der Waals surface area contributed by atoms with Gasteiger partial charge in [0, 0.05) is 42.0 Å². The highest BCUT2D eigenvalue weighted by atomic mass is 16.5. The molecule has 3 aromatic carbocycles. The first-order chi connectivity index (χ1) is 17.6. The quantitative estimate of drug-likeness (QED) is 0.367. The van der Waals surface area contributed by atoms with E-state index < -0.39 is 0 Å². The highest BCUT2D eigenvalue weighted by Crippen LogP contribution is 2.47. The maximum Gasteiger partial charge on any atom is 0.203 e. The Kier molecular flexibility index (Phi) is 5.41. The van der Waals surface area contributed by atoms with Gasteiger partial charge in [0.2, 0.25) is 5.75 Å². The van der Waals surface area contributed by atoms with E-state index in [2.05, 4.69) is 15.4 Å². The molecule has 1 N–H and O–H groups in total. The van der Waals surface area contributed by atoms with E-state index in [9.17, 15) is 4.79 Å². The molecule has 1 saturated heterocycles. The second kappa shape index (κ2) is 8.76. The topological polar surface area (TPSA) is 95.3 Å². The lowest BCUT2D eigenvalue weighted by molar-refractivity contribution is 0.104. The number of fused-ring (bicyclic) bond motifs is 2. The summed E-state index contributed by atoms with van der Waals surface area (Å²) in [5.41, 5.74) is 4.71. The zero-order chi connectivity index (χ0) is 24.8. The molecule has 0 bridgehead atoms. The maximum atomic E-state index is 13.8. The van der Waals surface area contributed by atoms with E-state index >= 15 is 0 Å². The second-order valence-electron chi connectivity index (χ2n) is 8.57. The third-order valence-electron chi connectivity index (χ3n) is 6.67. The van der Waals surface area contributed by atoms with Gasteiger partial charge in [-0.2, -0.15) is 0 Å². The average molecular weight is 488 g/mol. The molecule has 0 amide bonds. The fourth-order valence-electron chi connectivity index (χ4n) is 4.99. The number of hydrogen-bond acceptors (Lipinski definition) is 9. The van der Waals surface area contributed by atoms with E-state index in [1.54, 1.807) is 21.3 Å². The summed E-state index contributed by atoms with van der Waals surface area (Å²) >= 11 is 0. The molecule has 0 atom stereocenters. The molecule has 0 unspecified atom stereocenters. The molecule has 1 aromatic heterocycles. The van der Waals surface area contributed by atoms with E-state index in [1.165, 1.54) is 0 Å². The predicted octanol–water partition coefficient (Wildman–Crippen LogP) is 4.65. The average Bonchev–Trinajstić information content (AvgIpc) is 3.37. The lowest BCUT2D eigenvalue weighted by Crippen LogP contribution is -2.36. The van der Waals surface area contributed by atoms with Gasteiger partial charge in [0.1, 0.15) is 5.52 Å². The minimum absolute atomic E-state index is 0.0882. The van der Waals surface area contributed by atoms with Crippen LogP contribution < -0.4 is 24.4 Å². The molecule has 6 rings (SSSR count). The van der Waals surface area contributed by atoms with Crippen LogP contribution in [0.3, 0.4) is 0 Å². The summed E-state index contributed by atoms with van der Waals surface area (Å²) < 4.78 is 28.0. The van der Waals surface area contributed by atoms with Gasteiger partial charge in [-0.1, -0.05) is 29.4 Å². The molecule has 184 valence electrons. The molecule has 9 heteroatoms. The number of benzene rings is 3. The Morgan fingerprint density at radius 1 is 0.944 bits per heavy atom. The largest absolute Gasteiger partial charge is 0.493 e. The van der Waals surface area contributed by atoms with E-state index in [1.807, 2.05) is 42.5 Å². The van der Waals surface area contributed by atoms with Crippen molar-refractivity contribution in [3.05, 3.63) is 53.6 Å². The van der Waals surface area contributed by atoms with Crippen LogP contribution in [0.2, 0.25) is 0 Å². The number of methoxy groups -OCH3 is 3. The lowest BCUT2D eigenvalue weighted by Gasteiger charge is -2.30. The summed E-state index contributed by atoms with van der Waals surface area (Å²) in [4.78, 5) is 16.0. The molecule has 2 heterocycles. The number of ketones is 1. The monoisotopic (exact) mass is 487 g/mol. The van der Waals surface area contributed by atoms with E-state index in [0.29, 0.717) is 82.7 Å². The summed E-state index contributed by atoms with van der Waals surface area (Å²) in [6.45, 7) is 2.66. The smallest absolute Gasteiger partial charge is 0.203 e. The number of morpholine rings is 1. The number of nitrogens with zero attached hydrogens (tertiary/aromatic N) is 2. The first kappa shape index (κ1) is 22.2. The Balaban J connectivity index is 1.58. The van der Waals surface area contributed by atoms with Gasteiger partial charge in [0.05, 0.1) is 56.9 Å². The standard InChI is InChI=1S/C27H25N3O6/c1-32-20-12-15(13-21(33-2)27(20)34-3)28-18-14-19(30-8-10-35-11-9-30)24-23-22(18)25(31)16-6-4-5-7-17(16)26(23)36-29-24/h4-7,12-14,28H,8-11H2,1-3H3. The molecule has 9 nitrogen and oxygen atoms in total. The Morgan fingerprint density at radius 3 is 2.31 bits per heavy atom. The Hall–Kier alpha value is -4.24. The highest BCUT2D eigenvalue weighted by molar-refractivity contribution is 6.28. The van der Waals surface area contributed by atoms with Crippen LogP contribution in [0.1, 0.15) is 15.9 Å². The normalized spacial score (nSPS) is 14.5. The van der Waals surface area contributed by atoms with Crippen molar-refractivity contribution >= 4 is 33.7 Å². The summed E-state index contributed by atoms with van der Waals surface area (Å²) in [6, 6.07) is 13.0. The maximum absolute atomic E-state index is 13.8. The van der Waals surface area contributed by atoms with Crippen LogP contribution in [0.15, 0.2) is 47.0 Å². The van der Waals surface area contributed by atoms with Crippen LogP contribution >= 0.6 is 0 Å². The predicted molar refractivity (Wildman–Crippen MR) is 135 cm³/mol. The third kappa shape index (κ3) is 3.35. The van der Waals surface area contributed by atoms with Gasteiger partial charge < -0.3 is 33.7 Å². The van der Waals surface area contributed by atoms with Crippen LogP contribution in [-0.4, -0.2) is 58.6 Å². The van der Waals surface area contributed by atoms with Crippen LogP contribution in [-0.2, 0) is 4.74 Å². The molecule has 1 aliphatic heterocycles.